The Kier molecular flexibility index (Phi) is 5.87. The largest absolute Gasteiger partial charge is 0.497 e. The first-order chi connectivity index (χ1) is 12.2. The lowest BCUT2D eigenvalue weighted by Gasteiger charge is -2.22. The third kappa shape index (κ3) is 5.20. The number of rotatable bonds is 6. The van der Waals surface area contributed by atoms with Gasteiger partial charge in [-0.05, 0) is 30.5 Å². The van der Waals surface area contributed by atoms with Crippen molar-refractivity contribution >= 4 is 6.09 Å². The smallest absolute Gasteiger partial charge is 0.407 e. The summed E-state index contributed by atoms with van der Waals surface area (Å²) >= 11 is 0. The molecular weight excluding hydrogens is 320 g/mol. The molecular formula is C18H24N4O3. The number of hydrogen-bond donors (Lipinski definition) is 1. The van der Waals surface area contributed by atoms with Crippen LogP contribution in [0.3, 0.4) is 0 Å². The lowest BCUT2D eigenvalue weighted by atomic mass is 9.96. The van der Waals surface area contributed by atoms with E-state index >= 15 is 0 Å². The Balaban J connectivity index is 1.45. The summed E-state index contributed by atoms with van der Waals surface area (Å²) in [5.41, 5.74) is 1.72. The molecule has 1 heterocycles. The van der Waals surface area contributed by atoms with Crippen molar-refractivity contribution in [3.05, 3.63) is 41.7 Å². The van der Waals surface area contributed by atoms with Crippen molar-refractivity contribution in [2.75, 3.05) is 7.11 Å². The Labute approximate surface area is 147 Å². The number of amides is 1. The molecule has 1 aromatic carbocycles. The molecule has 134 valence electrons. The van der Waals surface area contributed by atoms with Crippen LogP contribution in [0.2, 0.25) is 0 Å². The molecule has 1 aliphatic rings. The van der Waals surface area contributed by atoms with Gasteiger partial charge in [0.1, 0.15) is 18.1 Å². The Morgan fingerprint density at radius 3 is 2.72 bits per heavy atom. The van der Waals surface area contributed by atoms with Crippen molar-refractivity contribution < 1.29 is 14.3 Å². The van der Waals surface area contributed by atoms with Crippen LogP contribution in [0.25, 0.3) is 0 Å². The Morgan fingerprint density at radius 1 is 1.24 bits per heavy atom. The second-order valence-corrected chi connectivity index (χ2v) is 6.31. The molecule has 2 aromatic rings. The van der Waals surface area contributed by atoms with Crippen LogP contribution in [0.4, 0.5) is 4.79 Å². The third-order valence-electron chi connectivity index (χ3n) is 4.37. The summed E-state index contributed by atoms with van der Waals surface area (Å²) in [6, 6.07) is 8.02. The van der Waals surface area contributed by atoms with E-state index in [9.17, 15) is 4.79 Å². The van der Waals surface area contributed by atoms with Gasteiger partial charge in [0.2, 0.25) is 0 Å². The number of carbonyl (C=O) groups excluding carboxylic acids is 1. The van der Waals surface area contributed by atoms with Crippen molar-refractivity contribution in [3.8, 4) is 5.75 Å². The molecule has 7 heteroatoms. The number of hydrogen-bond acceptors (Lipinski definition) is 5. The quantitative estimate of drug-likeness (QED) is 0.872. The summed E-state index contributed by atoms with van der Waals surface area (Å²) in [7, 11) is 1.64. The minimum absolute atomic E-state index is 0.126. The fraction of sp³-hybridized carbons (Fsp3) is 0.500. The van der Waals surface area contributed by atoms with Crippen LogP contribution in [0.15, 0.2) is 30.5 Å². The van der Waals surface area contributed by atoms with Gasteiger partial charge in [0.05, 0.1) is 19.9 Å². The number of benzene rings is 1. The average Bonchev–Trinajstić information content (AvgIpc) is 3.09. The van der Waals surface area contributed by atoms with Gasteiger partial charge in [0, 0.05) is 6.04 Å². The maximum Gasteiger partial charge on any atom is 0.407 e. The normalized spacial score (nSPS) is 14.9. The minimum atomic E-state index is -0.378. The molecule has 1 aromatic heterocycles. The molecule has 3 rings (SSSR count). The SMILES string of the molecule is COc1ccc(Cn2cc(COC(=O)NC3CCCCC3)nn2)cc1. The summed E-state index contributed by atoms with van der Waals surface area (Å²) in [6.45, 7) is 0.729. The zero-order valence-electron chi connectivity index (χ0n) is 14.5. The van der Waals surface area contributed by atoms with E-state index in [0.29, 0.717) is 12.2 Å². The monoisotopic (exact) mass is 344 g/mol. The molecule has 25 heavy (non-hydrogen) atoms. The Hall–Kier alpha value is -2.57. The molecule has 1 fully saturated rings. The van der Waals surface area contributed by atoms with Crippen LogP contribution in [-0.4, -0.2) is 34.2 Å². The highest BCUT2D eigenvalue weighted by molar-refractivity contribution is 5.67. The molecule has 7 nitrogen and oxygen atoms in total. The number of nitrogens with one attached hydrogen (secondary N) is 1. The molecule has 0 saturated heterocycles. The standard InChI is InChI=1S/C18H24N4O3/c1-24-17-9-7-14(8-10-17)11-22-12-16(20-21-22)13-25-18(23)19-15-5-3-2-4-6-15/h7-10,12,15H,2-6,11,13H2,1H3,(H,19,23). The summed E-state index contributed by atoms with van der Waals surface area (Å²) < 4.78 is 12.1. The van der Waals surface area contributed by atoms with Gasteiger partial charge in [0.25, 0.3) is 0 Å². The highest BCUT2D eigenvalue weighted by Gasteiger charge is 2.16. The predicted octanol–water partition coefficient (Wildman–Crippen LogP) is 2.89. The van der Waals surface area contributed by atoms with Crippen LogP contribution in [0, 0.1) is 0 Å². The van der Waals surface area contributed by atoms with E-state index in [1.54, 1.807) is 18.0 Å². The van der Waals surface area contributed by atoms with Crippen LogP contribution in [0.5, 0.6) is 5.75 Å². The minimum Gasteiger partial charge on any atom is -0.497 e. The number of aromatic nitrogens is 3. The Bertz CT molecular complexity index is 678. The predicted molar refractivity (Wildman–Crippen MR) is 92.3 cm³/mol. The van der Waals surface area contributed by atoms with Crippen LogP contribution in [-0.2, 0) is 17.9 Å². The van der Waals surface area contributed by atoms with Crippen molar-refractivity contribution in [3.63, 3.8) is 0 Å². The van der Waals surface area contributed by atoms with Gasteiger partial charge in [-0.25, -0.2) is 9.48 Å². The second kappa shape index (κ2) is 8.50. The van der Waals surface area contributed by atoms with Gasteiger partial charge in [0.15, 0.2) is 0 Å². The van der Waals surface area contributed by atoms with Crippen molar-refractivity contribution in [2.24, 2.45) is 0 Å². The molecule has 1 N–H and O–H groups in total. The highest BCUT2D eigenvalue weighted by atomic mass is 16.5. The molecule has 1 saturated carbocycles. The zero-order chi connectivity index (χ0) is 17.5. The first kappa shape index (κ1) is 17.3. The second-order valence-electron chi connectivity index (χ2n) is 6.31. The number of ether oxygens (including phenoxy) is 2. The maximum atomic E-state index is 11.8. The van der Waals surface area contributed by atoms with E-state index in [2.05, 4.69) is 15.6 Å². The van der Waals surface area contributed by atoms with E-state index < -0.39 is 0 Å². The van der Waals surface area contributed by atoms with Gasteiger partial charge in [-0.15, -0.1) is 5.10 Å². The van der Waals surface area contributed by atoms with Gasteiger partial charge in [-0.2, -0.15) is 0 Å². The van der Waals surface area contributed by atoms with Crippen LogP contribution in [0.1, 0.15) is 43.4 Å². The van der Waals surface area contributed by atoms with Crippen molar-refractivity contribution in [1.29, 1.82) is 0 Å². The maximum absolute atomic E-state index is 11.8. The van der Waals surface area contributed by atoms with Gasteiger partial charge in [-0.1, -0.05) is 36.6 Å². The van der Waals surface area contributed by atoms with Crippen LogP contribution >= 0.6 is 0 Å². The summed E-state index contributed by atoms with van der Waals surface area (Å²) in [4.78, 5) is 11.8. The molecule has 1 aliphatic carbocycles. The third-order valence-corrected chi connectivity index (χ3v) is 4.37. The molecule has 0 radical (unpaired) electrons. The summed E-state index contributed by atoms with van der Waals surface area (Å²) in [5, 5.41) is 11.0. The summed E-state index contributed by atoms with van der Waals surface area (Å²) in [6.07, 6.45) is 7.08. The molecule has 0 aliphatic heterocycles. The molecule has 0 spiro atoms. The zero-order valence-corrected chi connectivity index (χ0v) is 14.5. The van der Waals surface area contributed by atoms with E-state index in [-0.39, 0.29) is 18.7 Å². The van der Waals surface area contributed by atoms with E-state index in [1.807, 2.05) is 24.3 Å². The fourth-order valence-corrected chi connectivity index (χ4v) is 2.99. The first-order valence-electron chi connectivity index (χ1n) is 8.68. The Morgan fingerprint density at radius 2 is 2.00 bits per heavy atom. The molecule has 1 amide bonds. The van der Waals surface area contributed by atoms with Gasteiger partial charge in [-0.3, -0.25) is 0 Å². The number of carbonyl (C=O) groups is 1. The van der Waals surface area contributed by atoms with E-state index in [4.69, 9.17) is 9.47 Å². The first-order valence-corrected chi connectivity index (χ1v) is 8.68. The topological polar surface area (TPSA) is 78.3 Å². The van der Waals surface area contributed by atoms with Gasteiger partial charge < -0.3 is 14.8 Å². The number of nitrogens with zero attached hydrogens (tertiary/aromatic N) is 3. The number of alkyl carbamates (subject to hydrolysis) is 1. The highest BCUT2D eigenvalue weighted by Crippen LogP contribution is 2.17. The van der Waals surface area contributed by atoms with E-state index in [1.165, 1.54) is 19.3 Å². The number of methoxy groups -OCH3 is 1. The molecule has 0 atom stereocenters. The van der Waals surface area contributed by atoms with Crippen molar-refractivity contribution in [1.82, 2.24) is 20.3 Å². The van der Waals surface area contributed by atoms with E-state index in [0.717, 1.165) is 24.2 Å². The average molecular weight is 344 g/mol. The molecule has 0 bridgehead atoms. The molecule has 0 unspecified atom stereocenters. The lowest BCUT2D eigenvalue weighted by Crippen LogP contribution is -2.36. The lowest BCUT2D eigenvalue weighted by molar-refractivity contribution is 0.131. The van der Waals surface area contributed by atoms with Crippen molar-refractivity contribution in [2.45, 2.75) is 51.3 Å². The fourth-order valence-electron chi connectivity index (χ4n) is 2.99. The van der Waals surface area contributed by atoms with Gasteiger partial charge >= 0.3 is 6.09 Å². The van der Waals surface area contributed by atoms with Crippen LogP contribution < -0.4 is 10.1 Å². The summed E-state index contributed by atoms with van der Waals surface area (Å²) in [5.74, 6) is 0.820.